The van der Waals surface area contributed by atoms with Crippen LogP contribution in [0.1, 0.15) is 13.3 Å². The van der Waals surface area contributed by atoms with Gasteiger partial charge in [-0.05, 0) is 18.6 Å². The number of aliphatic hydroxyl groups is 1. The molecule has 0 saturated carbocycles. The number of nitrogens with one attached hydrogen (secondary N) is 2. The van der Waals surface area contributed by atoms with E-state index in [1.807, 2.05) is 0 Å². The van der Waals surface area contributed by atoms with E-state index < -0.39 is 17.9 Å². The van der Waals surface area contributed by atoms with Gasteiger partial charge in [0.25, 0.3) is 0 Å². The van der Waals surface area contributed by atoms with E-state index in [1.165, 1.54) is 14.2 Å². The lowest BCUT2D eigenvalue weighted by Crippen LogP contribution is -2.43. The van der Waals surface area contributed by atoms with Crippen molar-refractivity contribution in [3.63, 3.8) is 0 Å². The molecule has 7 nitrogen and oxygen atoms in total. The van der Waals surface area contributed by atoms with Crippen molar-refractivity contribution in [3.8, 4) is 11.5 Å². The average Bonchev–Trinajstić information content (AvgIpc) is 2.52. The first-order valence-corrected chi connectivity index (χ1v) is 6.50. The molecule has 0 aliphatic rings. The van der Waals surface area contributed by atoms with Gasteiger partial charge in [0, 0.05) is 6.07 Å². The van der Waals surface area contributed by atoms with Crippen LogP contribution in [-0.4, -0.2) is 43.8 Å². The molecule has 0 aliphatic heterocycles. The summed E-state index contributed by atoms with van der Waals surface area (Å²) in [6, 6.07) is 4.36. The zero-order valence-corrected chi connectivity index (χ0v) is 12.3. The van der Waals surface area contributed by atoms with Gasteiger partial charge in [0.05, 0.1) is 32.6 Å². The van der Waals surface area contributed by atoms with Crippen LogP contribution in [0, 0.1) is 0 Å². The van der Waals surface area contributed by atoms with Crippen molar-refractivity contribution in [2.24, 2.45) is 0 Å². The molecule has 0 heterocycles. The standard InChI is InChI=1S/C14H20N2O5/c1-4-9(8-17)15-13(18)14(19)16-11-6-5-10(20-2)7-12(11)21-3/h5-7,9,17H,4,8H2,1-3H3,(H,15,18)(H,16,19)/t9-/m1/s1. The first-order chi connectivity index (χ1) is 10.0. The SMILES string of the molecule is CC[C@H](CO)NC(=O)C(=O)Nc1ccc(OC)cc1OC. The summed E-state index contributed by atoms with van der Waals surface area (Å²) in [5, 5.41) is 13.9. The second kappa shape index (κ2) is 8.11. The summed E-state index contributed by atoms with van der Waals surface area (Å²) < 4.78 is 10.2. The molecule has 0 unspecified atom stereocenters. The molecule has 1 rings (SSSR count). The minimum Gasteiger partial charge on any atom is -0.497 e. The molecule has 0 spiro atoms. The Kier molecular flexibility index (Phi) is 6.48. The monoisotopic (exact) mass is 296 g/mol. The Balaban J connectivity index is 2.76. The van der Waals surface area contributed by atoms with Gasteiger partial charge in [-0.15, -0.1) is 0 Å². The number of rotatable bonds is 6. The van der Waals surface area contributed by atoms with Crippen LogP contribution in [0.5, 0.6) is 11.5 Å². The normalized spacial score (nSPS) is 11.4. The van der Waals surface area contributed by atoms with Crippen LogP contribution in [-0.2, 0) is 9.59 Å². The summed E-state index contributed by atoms with van der Waals surface area (Å²) in [6.07, 6.45) is 0.529. The lowest BCUT2D eigenvalue weighted by atomic mass is 10.2. The molecule has 0 radical (unpaired) electrons. The summed E-state index contributed by atoms with van der Waals surface area (Å²) in [4.78, 5) is 23.5. The predicted octanol–water partition coefficient (Wildman–Crippen LogP) is 0.529. The van der Waals surface area contributed by atoms with Crippen molar-refractivity contribution in [1.82, 2.24) is 5.32 Å². The molecule has 1 aromatic rings. The Morgan fingerprint density at radius 3 is 2.48 bits per heavy atom. The highest BCUT2D eigenvalue weighted by molar-refractivity contribution is 6.39. The Morgan fingerprint density at radius 2 is 1.95 bits per heavy atom. The van der Waals surface area contributed by atoms with Gasteiger partial charge in [0.2, 0.25) is 0 Å². The van der Waals surface area contributed by atoms with Gasteiger partial charge < -0.3 is 25.2 Å². The molecule has 0 aromatic heterocycles. The molecule has 0 aliphatic carbocycles. The summed E-state index contributed by atoms with van der Waals surface area (Å²) in [7, 11) is 2.96. The fourth-order valence-electron chi connectivity index (χ4n) is 1.61. The van der Waals surface area contributed by atoms with Gasteiger partial charge in [-0.2, -0.15) is 0 Å². The fraction of sp³-hybridized carbons (Fsp3) is 0.429. The van der Waals surface area contributed by atoms with Gasteiger partial charge in [0.15, 0.2) is 0 Å². The van der Waals surface area contributed by atoms with Gasteiger partial charge in [-0.3, -0.25) is 9.59 Å². The summed E-state index contributed by atoms with van der Waals surface area (Å²) in [5.74, 6) is -0.690. The first kappa shape index (κ1) is 16.8. The molecule has 116 valence electrons. The van der Waals surface area contributed by atoms with Crippen molar-refractivity contribution in [3.05, 3.63) is 18.2 Å². The lowest BCUT2D eigenvalue weighted by molar-refractivity contribution is -0.136. The van der Waals surface area contributed by atoms with Crippen molar-refractivity contribution in [2.75, 3.05) is 26.1 Å². The van der Waals surface area contributed by atoms with Gasteiger partial charge in [-0.25, -0.2) is 0 Å². The second-order valence-corrected chi connectivity index (χ2v) is 4.28. The number of carbonyl (C=O) groups excluding carboxylic acids is 2. The summed E-state index contributed by atoms with van der Waals surface area (Å²) in [6.45, 7) is 1.58. The van der Waals surface area contributed by atoms with Crippen LogP contribution in [0.3, 0.4) is 0 Å². The summed E-state index contributed by atoms with van der Waals surface area (Å²) in [5.41, 5.74) is 0.357. The average molecular weight is 296 g/mol. The number of aliphatic hydroxyl groups excluding tert-OH is 1. The minimum atomic E-state index is -0.828. The van der Waals surface area contributed by atoms with Crippen molar-refractivity contribution in [2.45, 2.75) is 19.4 Å². The molecule has 21 heavy (non-hydrogen) atoms. The van der Waals surface area contributed by atoms with Crippen LogP contribution in [0.4, 0.5) is 5.69 Å². The van der Waals surface area contributed by atoms with E-state index in [4.69, 9.17) is 14.6 Å². The third kappa shape index (κ3) is 4.64. The predicted molar refractivity (Wildman–Crippen MR) is 77.5 cm³/mol. The number of carbonyl (C=O) groups is 2. The Bertz CT molecular complexity index is 500. The Labute approximate surface area is 123 Å². The Morgan fingerprint density at radius 1 is 1.24 bits per heavy atom. The van der Waals surface area contributed by atoms with E-state index in [0.717, 1.165) is 0 Å². The molecule has 0 fully saturated rings. The van der Waals surface area contributed by atoms with Gasteiger partial charge in [-0.1, -0.05) is 6.92 Å². The quantitative estimate of drug-likeness (QED) is 0.665. The lowest BCUT2D eigenvalue weighted by Gasteiger charge is -2.15. The van der Waals surface area contributed by atoms with Crippen molar-refractivity contribution >= 4 is 17.5 Å². The van der Waals surface area contributed by atoms with E-state index in [2.05, 4.69) is 10.6 Å². The number of methoxy groups -OCH3 is 2. The molecule has 2 amide bonds. The summed E-state index contributed by atoms with van der Waals surface area (Å²) >= 11 is 0. The van der Waals surface area contributed by atoms with E-state index in [0.29, 0.717) is 23.6 Å². The number of benzene rings is 1. The molecule has 1 atom stereocenters. The Hall–Kier alpha value is -2.28. The van der Waals surface area contributed by atoms with Gasteiger partial charge in [0.1, 0.15) is 11.5 Å². The molecule has 1 aromatic carbocycles. The van der Waals surface area contributed by atoms with E-state index in [9.17, 15) is 9.59 Å². The van der Waals surface area contributed by atoms with Crippen LogP contribution in [0.2, 0.25) is 0 Å². The highest BCUT2D eigenvalue weighted by Gasteiger charge is 2.18. The van der Waals surface area contributed by atoms with Crippen LogP contribution < -0.4 is 20.1 Å². The van der Waals surface area contributed by atoms with Gasteiger partial charge >= 0.3 is 11.8 Å². The maximum absolute atomic E-state index is 11.8. The molecular weight excluding hydrogens is 276 g/mol. The largest absolute Gasteiger partial charge is 0.497 e. The topological polar surface area (TPSA) is 96.9 Å². The fourth-order valence-corrected chi connectivity index (χ4v) is 1.61. The zero-order chi connectivity index (χ0) is 15.8. The van der Waals surface area contributed by atoms with E-state index in [-0.39, 0.29) is 6.61 Å². The second-order valence-electron chi connectivity index (χ2n) is 4.28. The third-order valence-corrected chi connectivity index (χ3v) is 2.91. The number of hydrogen-bond donors (Lipinski definition) is 3. The molecule has 7 heteroatoms. The van der Waals surface area contributed by atoms with Crippen LogP contribution >= 0.6 is 0 Å². The smallest absolute Gasteiger partial charge is 0.313 e. The number of hydrogen-bond acceptors (Lipinski definition) is 5. The van der Waals surface area contributed by atoms with E-state index >= 15 is 0 Å². The number of amides is 2. The van der Waals surface area contributed by atoms with Crippen LogP contribution in [0.15, 0.2) is 18.2 Å². The van der Waals surface area contributed by atoms with Crippen LogP contribution in [0.25, 0.3) is 0 Å². The van der Waals surface area contributed by atoms with E-state index in [1.54, 1.807) is 25.1 Å². The maximum atomic E-state index is 11.8. The molecule has 3 N–H and O–H groups in total. The minimum absolute atomic E-state index is 0.221. The number of ether oxygens (including phenoxy) is 2. The molecule has 0 bridgehead atoms. The third-order valence-electron chi connectivity index (χ3n) is 2.91. The highest BCUT2D eigenvalue weighted by Crippen LogP contribution is 2.28. The number of anilines is 1. The van der Waals surface area contributed by atoms with Crippen molar-refractivity contribution in [1.29, 1.82) is 0 Å². The molecular formula is C14H20N2O5. The highest BCUT2D eigenvalue weighted by atomic mass is 16.5. The first-order valence-electron chi connectivity index (χ1n) is 6.50. The maximum Gasteiger partial charge on any atom is 0.313 e. The molecule has 0 saturated heterocycles. The van der Waals surface area contributed by atoms with Crippen molar-refractivity contribution < 1.29 is 24.2 Å². The zero-order valence-electron chi connectivity index (χ0n) is 12.3.